The van der Waals surface area contributed by atoms with Crippen LogP contribution in [0.25, 0.3) is 0 Å². The Kier molecular flexibility index (Phi) is 6.08. The molecule has 1 aliphatic rings. The number of benzene rings is 1. The Balaban J connectivity index is 1.62. The molecular formula is C15H21ClFNO. The van der Waals surface area contributed by atoms with E-state index >= 15 is 0 Å². The highest BCUT2D eigenvalue weighted by Gasteiger charge is 2.13. The van der Waals surface area contributed by atoms with Gasteiger partial charge in [0.2, 0.25) is 0 Å². The van der Waals surface area contributed by atoms with Crippen LogP contribution in [0.5, 0.6) is 0 Å². The second-order valence-electron chi connectivity index (χ2n) is 5.02. The number of nitrogens with one attached hydrogen (secondary N) is 1. The van der Waals surface area contributed by atoms with Crippen LogP contribution in [0, 0.1) is 5.82 Å². The summed E-state index contributed by atoms with van der Waals surface area (Å²) in [7, 11) is 0. The Labute approximate surface area is 119 Å². The molecule has 0 spiro atoms. The van der Waals surface area contributed by atoms with Gasteiger partial charge in [0, 0.05) is 18.7 Å². The van der Waals surface area contributed by atoms with Gasteiger partial charge >= 0.3 is 0 Å². The van der Waals surface area contributed by atoms with Crippen molar-refractivity contribution in [2.75, 3.05) is 13.2 Å². The zero-order valence-corrected chi connectivity index (χ0v) is 11.9. The van der Waals surface area contributed by atoms with E-state index in [0.29, 0.717) is 24.8 Å². The molecule has 0 aliphatic heterocycles. The minimum atomic E-state index is -0.329. The maximum Gasteiger partial charge on any atom is 0.146 e. The van der Waals surface area contributed by atoms with Crippen LogP contribution < -0.4 is 5.32 Å². The monoisotopic (exact) mass is 285 g/mol. The van der Waals surface area contributed by atoms with Crippen LogP contribution in [0.2, 0.25) is 5.02 Å². The van der Waals surface area contributed by atoms with Crippen LogP contribution in [0.4, 0.5) is 4.39 Å². The van der Waals surface area contributed by atoms with Gasteiger partial charge in [-0.05, 0) is 18.9 Å². The van der Waals surface area contributed by atoms with E-state index in [9.17, 15) is 4.39 Å². The molecule has 2 rings (SSSR count). The van der Waals surface area contributed by atoms with Crippen LogP contribution in [0.15, 0.2) is 18.2 Å². The van der Waals surface area contributed by atoms with E-state index < -0.39 is 0 Å². The summed E-state index contributed by atoms with van der Waals surface area (Å²) in [4.78, 5) is 0. The summed E-state index contributed by atoms with van der Waals surface area (Å²) in [5, 5.41) is 3.36. The van der Waals surface area contributed by atoms with Crippen LogP contribution in [0.1, 0.15) is 37.7 Å². The Morgan fingerprint density at radius 3 is 2.84 bits per heavy atom. The van der Waals surface area contributed by atoms with Crippen LogP contribution >= 0.6 is 11.6 Å². The van der Waals surface area contributed by atoms with Gasteiger partial charge < -0.3 is 10.1 Å². The van der Waals surface area contributed by atoms with Crippen molar-refractivity contribution in [2.24, 2.45) is 0 Å². The Hall–Kier alpha value is -0.640. The van der Waals surface area contributed by atoms with Crippen molar-refractivity contribution in [3.8, 4) is 0 Å². The molecule has 0 saturated heterocycles. The third-order valence-electron chi connectivity index (χ3n) is 3.53. The Morgan fingerprint density at radius 1 is 1.26 bits per heavy atom. The summed E-state index contributed by atoms with van der Waals surface area (Å²) >= 11 is 5.73. The molecule has 0 radical (unpaired) electrons. The van der Waals surface area contributed by atoms with E-state index in [2.05, 4.69) is 5.32 Å². The average molecular weight is 286 g/mol. The van der Waals surface area contributed by atoms with E-state index in [1.54, 1.807) is 18.2 Å². The van der Waals surface area contributed by atoms with E-state index in [1.807, 2.05) is 0 Å². The molecule has 1 aromatic rings. The van der Waals surface area contributed by atoms with Gasteiger partial charge in [-0.25, -0.2) is 4.39 Å². The quantitative estimate of drug-likeness (QED) is 0.800. The molecule has 106 valence electrons. The van der Waals surface area contributed by atoms with Gasteiger partial charge in [-0.2, -0.15) is 0 Å². The topological polar surface area (TPSA) is 21.3 Å². The molecular weight excluding hydrogens is 265 g/mol. The lowest BCUT2D eigenvalue weighted by molar-refractivity contribution is 0.0302. The van der Waals surface area contributed by atoms with Crippen molar-refractivity contribution in [2.45, 2.75) is 44.8 Å². The Bertz CT molecular complexity index is 394. The van der Waals surface area contributed by atoms with Crippen molar-refractivity contribution >= 4 is 11.6 Å². The number of ether oxygens (including phenoxy) is 1. The third kappa shape index (κ3) is 4.75. The molecule has 0 heterocycles. The molecule has 0 aromatic heterocycles. The minimum Gasteiger partial charge on any atom is -0.377 e. The summed E-state index contributed by atoms with van der Waals surface area (Å²) in [6.45, 7) is 1.91. The van der Waals surface area contributed by atoms with Crippen LogP contribution in [0.3, 0.4) is 0 Å². The minimum absolute atomic E-state index is 0.178. The molecule has 4 heteroatoms. The van der Waals surface area contributed by atoms with Gasteiger partial charge in [0.15, 0.2) is 0 Å². The number of halogens is 2. The maximum atomic E-state index is 13.6. The lowest BCUT2D eigenvalue weighted by Crippen LogP contribution is -2.24. The van der Waals surface area contributed by atoms with Crippen molar-refractivity contribution in [1.82, 2.24) is 5.32 Å². The first kappa shape index (κ1) is 14.8. The number of hydrogen-bond acceptors (Lipinski definition) is 2. The highest BCUT2D eigenvalue weighted by atomic mass is 35.5. The summed E-state index contributed by atoms with van der Waals surface area (Å²) in [5.74, 6) is -0.329. The second kappa shape index (κ2) is 7.83. The zero-order valence-electron chi connectivity index (χ0n) is 11.1. The second-order valence-corrected chi connectivity index (χ2v) is 5.43. The fraction of sp³-hybridized carbons (Fsp3) is 0.600. The highest BCUT2D eigenvalue weighted by Crippen LogP contribution is 2.20. The van der Waals surface area contributed by atoms with Gasteiger partial charge in [0.1, 0.15) is 5.82 Å². The predicted molar refractivity (Wildman–Crippen MR) is 75.9 cm³/mol. The molecule has 0 amide bonds. The molecule has 1 fully saturated rings. The fourth-order valence-corrected chi connectivity index (χ4v) is 2.63. The van der Waals surface area contributed by atoms with E-state index in [-0.39, 0.29) is 10.8 Å². The van der Waals surface area contributed by atoms with Gasteiger partial charge in [-0.3, -0.25) is 0 Å². The molecule has 1 N–H and O–H groups in total. The molecule has 2 nitrogen and oxygen atoms in total. The van der Waals surface area contributed by atoms with Crippen LogP contribution in [-0.4, -0.2) is 19.3 Å². The highest BCUT2D eigenvalue weighted by molar-refractivity contribution is 6.30. The summed E-state index contributed by atoms with van der Waals surface area (Å²) in [6, 6.07) is 5.07. The summed E-state index contributed by atoms with van der Waals surface area (Å²) in [6.07, 6.45) is 6.70. The average Bonchev–Trinajstić information content (AvgIpc) is 2.44. The van der Waals surface area contributed by atoms with Gasteiger partial charge in [-0.15, -0.1) is 0 Å². The SMILES string of the molecule is Fc1c(Cl)cccc1CNCCOC1CCCCC1. The van der Waals surface area contributed by atoms with Crippen molar-refractivity contribution in [3.63, 3.8) is 0 Å². The molecule has 0 bridgehead atoms. The predicted octanol–water partition coefficient (Wildman–Crippen LogP) is 3.92. The van der Waals surface area contributed by atoms with Crippen molar-refractivity contribution < 1.29 is 9.13 Å². The molecule has 0 unspecified atom stereocenters. The lowest BCUT2D eigenvalue weighted by Gasteiger charge is -2.22. The van der Waals surface area contributed by atoms with Gasteiger partial charge in [0.25, 0.3) is 0 Å². The standard InChI is InChI=1S/C15H21ClFNO/c16-14-8-4-5-12(15(14)17)11-18-9-10-19-13-6-2-1-3-7-13/h4-5,8,13,18H,1-3,6-7,9-11H2. The lowest BCUT2D eigenvalue weighted by atomic mass is 9.98. The first-order valence-corrected chi connectivity index (χ1v) is 7.40. The van der Waals surface area contributed by atoms with Crippen molar-refractivity contribution in [3.05, 3.63) is 34.6 Å². The summed E-state index contributed by atoms with van der Waals surface area (Å²) < 4.78 is 19.4. The zero-order chi connectivity index (χ0) is 13.5. The Morgan fingerprint density at radius 2 is 2.05 bits per heavy atom. The number of hydrogen-bond donors (Lipinski definition) is 1. The fourth-order valence-electron chi connectivity index (χ4n) is 2.44. The maximum absolute atomic E-state index is 13.6. The molecule has 1 aromatic carbocycles. The molecule has 0 atom stereocenters. The van der Waals surface area contributed by atoms with Gasteiger partial charge in [0.05, 0.1) is 17.7 Å². The first-order valence-electron chi connectivity index (χ1n) is 7.02. The van der Waals surface area contributed by atoms with E-state index in [0.717, 1.165) is 6.54 Å². The smallest absolute Gasteiger partial charge is 0.146 e. The van der Waals surface area contributed by atoms with Crippen LogP contribution in [-0.2, 0) is 11.3 Å². The molecule has 1 aliphatic carbocycles. The van der Waals surface area contributed by atoms with Crippen molar-refractivity contribution in [1.29, 1.82) is 0 Å². The number of rotatable bonds is 6. The molecule has 19 heavy (non-hydrogen) atoms. The van der Waals surface area contributed by atoms with Gasteiger partial charge in [-0.1, -0.05) is 43.0 Å². The van der Waals surface area contributed by atoms with E-state index in [4.69, 9.17) is 16.3 Å². The summed E-state index contributed by atoms with van der Waals surface area (Å²) in [5.41, 5.74) is 0.602. The normalized spacial score (nSPS) is 16.7. The largest absolute Gasteiger partial charge is 0.377 e. The first-order chi connectivity index (χ1) is 9.27. The van der Waals surface area contributed by atoms with E-state index in [1.165, 1.54) is 32.1 Å². The molecule has 1 saturated carbocycles. The third-order valence-corrected chi connectivity index (χ3v) is 3.82.